The molecule has 0 aromatic rings. The van der Waals surface area contributed by atoms with Crippen molar-refractivity contribution in [2.45, 2.75) is 33.8 Å². The molecule has 0 amide bonds. The molecule has 56 valence electrons. The van der Waals surface area contributed by atoms with Gasteiger partial charge in [-0.3, -0.25) is 4.29 Å². The van der Waals surface area contributed by atoms with E-state index in [-0.39, 0.29) is 6.10 Å². The Labute approximate surface area is 62.5 Å². The summed E-state index contributed by atoms with van der Waals surface area (Å²) < 4.78 is 4.75. The van der Waals surface area contributed by atoms with E-state index in [1.165, 1.54) is 0 Å². The summed E-state index contributed by atoms with van der Waals surface area (Å²) in [5.74, 6) is 1.00. The van der Waals surface area contributed by atoms with Gasteiger partial charge in [-0.2, -0.15) is 0 Å². The molecule has 0 rings (SSSR count). The van der Waals surface area contributed by atoms with Gasteiger partial charge in [-0.1, -0.05) is 27.7 Å². The smallest absolute Gasteiger partial charge is 0.0836 e. The van der Waals surface area contributed by atoms with Crippen LogP contribution in [0.2, 0.25) is 0 Å². The predicted molar refractivity (Wildman–Crippen MR) is 40.4 cm³/mol. The fourth-order valence-electron chi connectivity index (χ4n) is 0.976. The monoisotopic (exact) mass is 150 g/mol. The highest BCUT2D eigenvalue weighted by molar-refractivity contribution is 6.07. The van der Waals surface area contributed by atoms with Gasteiger partial charge in [0.15, 0.2) is 0 Å². The van der Waals surface area contributed by atoms with Gasteiger partial charge in [0.05, 0.1) is 18.0 Å². The fourth-order valence-corrected chi connectivity index (χ4v) is 1.39. The van der Waals surface area contributed by atoms with Crippen LogP contribution >= 0.6 is 11.9 Å². The summed E-state index contributed by atoms with van der Waals surface area (Å²) in [6, 6.07) is 0. The first-order valence-electron chi connectivity index (χ1n) is 3.37. The lowest BCUT2D eigenvalue weighted by Crippen LogP contribution is -2.22. The van der Waals surface area contributed by atoms with Crippen LogP contribution in [-0.4, -0.2) is 6.10 Å². The van der Waals surface area contributed by atoms with Gasteiger partial charge >= 0.3 is 0 Å². The molecular weight excluding hydrogens is 136 g/mol. The Morgan fingerprint density at radius 1 is 1.00 bits per heavy atom. The number of halogens is 1. The van der Waals surface area contributed by atoms with Crippen LogP contribution in [0.1, 0.15) is 27.7 Å². The summed E-state index contributed by atoms with van der Waals surface area (Å²) in [7, 11) is 0. The zero-order valence-electron chi connectivity index (χ0n) is 6.52. The number of rotatable bonds is 3. The highest BCUT2D eigenvalue weighted by Crippen LogP contribution is 2.16. The van der Waals surface area contributed by atoms with Crippen molar-refractivity contribution in [2.75, 3.05) is 0 Å². The zero-order valence-corrected chi connectivity index (χ0v) is 7.27. The Morgan fingerprint density at radius 2 is 1.33 bits per heavy atom. The Kier molecular flexibility index (Phi) is 4.24. The standard InChI is InChI=1S/C7H15ClO/c1-5(2)7(9-8)6(3)4/h5-7H,1-4H3. The van der Waals surface area contributed by atoms with Crippen LogP contribution in [0.25, 0.3) is 0 Å². The van der Waals surface area contributed by atoms with Crippen molar-refractivity contribution >= 4 is 11.9 Å². The summed E-state index contributed by atoms with van der Waals surface area (Å²) in [6.07, 6.45) is 0.187. The molecule has 0 heterocycles. The van der Waals surface area contributed by atoms with E-state index in [0.29, 0.717) is 11.8 Å². The van der Waals surface area contributed by atoms with Crippen molar-refractivity contribution in [1.29, 1.82) is 0 Å². The molecular formula is C7H15ClO. The van der Waals surface area contributed by atoms with E-state index in [9.17, 15) is 0 Å². The molecule has 1 nitrogen and oxygen atoms in total. The van der Waals surface area contributed by atoms with Crippen LogP contribution in [0.15, 0.2) is 0 Å². The van der Waals surface area contributed by atoms with Crippen molar-refractivity contribution in [3.8, 4) is 0 Å². The quantitative estimate of drug-likeness (QED) is 0.601. The van der Waals surface area contributed by atoms with Gasteiger partial charge in [-0.25, -0.2) is 0 Å². The molecule has 0 saturated heterocycles. The van der Waals surface area contributed by atoms with Crippen LogP contribution < -0.4 is 0 Å². The van der Waals surface area contributed by atoms with Gasteiger partial charge in [-0.05, 0) is 11.8 Å². The van der Waals surface area contributed by atoms with Crippen molar-refractivity contribution in [1.82, 2.24) is 0 Å². The summed E-state index contributed by atoms with van der Waals surface area (Å²) in [5, 5.41) is 0. The molecule has 0 aliphatic carbocycles. The first kappa shape index (κ1) is 9.25. The van der Waals surface area contributed by atoms with Gasteiger partial charge in [-0.15, -0.1) is 0 Å². The molecule has 0 radical (unpaired) electrons. The molecule has 0 aliphatic heterocycles. The molecule has 0 bridgehead atoms. The van der Waals surface area contributed by atoms with Gasteiger partial charge in [0.1, 0.15) is 0 Å². The molecule has 0 aromatic carbocycles. The van der Waals surface area contributed by atoms with Crippen molar-refractivity contribution in [2.24, 2.45) is 11.8 Å². The number of hydrogen-bond donors (Lipinski definition) is 0. The maximum atomic E-state index is 5.26. The van der Waals surface area contributed by atoms with E-state index >= 15 is 0 Å². The summed E-state index contributed by atoms with van der Waals surface area (Å²) >= 11 is 5.26. The van der Waals surface area contributed by atoms with E-state index in [4.69, 9.17) is 16.2 Å². The zero-order chi connectivity index (χ0) is 7.44. The Hall–Kier alpha value is 0.250. The molecule has 0 N–H and O–H groups in total. The van der Waals surface area contributed by atoms with E-state index < -0.39 is 0 Å². The van der Waals surface area contributed by atoms with Crippen LogP contribution in [0.5, 0.6) is 0 Å². The highest BCUT2D eigenvalue weighted by Gasteiger charge is 2.16. The van der Waals surface area contributed by atoms with Crippen molar-refractivity contribution in [3.63, 3.8) is 0 Å². The fraction of sp³-hybridized carbons (Fsp3) is 1.00. The van der Waals surface area contributed by atoms with Gasteiger partial charge in [0.25, 0.3) is 0 Å². The summed E-state index contributed by atoms with van der Waals surface area (Å²) in [6.45, 7) is 8.42. The van der Waals surface area contributed by atoms with Gasteiger partial charge in [0.2, 0.25) is 0 Å². The molecule has 0 aromatic heterocycles. The Bertz CT molecular complexity index is 63.3. The SMILES string of the molecule is CC(C)C(OCl)C(C)C. The normalized spacial score (nSPS) is 12.0. The maximum absolute atomic E-state index is 5.26. The van der Waals surface area contributed by atoms with E-state index in [1.54, 1.807) is 0 Å². The van der Waals surface area contributed by atoms with Crippen molar-refractivity contribution in [3.05, 3.63) is 0 Å². The first-order valence-corrected chi connectivity index (χ1v) is 3.67. The second-order valence-corrected chi connectivity index (χ2v) is 3.22. The van der Waals surface area contributed by atoms with Crippen LogP contribution in [0.4, 0.5) is 0 Å². The highest BCUT2D eigenvalue weighted by atomic mass is 35.5. The molecule has 9 heavy (non-hydrogen) atoms. The number of hydrogen-bond acceptors (Lipinski definition) is 1. The third kappa shape index (κ3) is 3.07. The van der Waals surface area contributed by atoms with Crippen molar-refractivity contribution < 1.29 is 4.29 Å². The molecule has 0 unspecified atom stereocenters. The van der Waals surface area contributed by atoms with Crippen LogP contribution in [-0.2, 0) is 4.29 Å². The minimum absolute atomic E-state index is 0.187. The average Bonchev–Trinajstić information content (AvgIpc) is 1.64. The Balaban J connectivity index is 3.68. The van der Waals surface area contributed by atoms with Crippen LogP contribution in [0, 0.1) is 11.8 Å². The van der Waals surface area contributed by atoms with E-state index in [0.717, 1.165) is 0 Å². The second-order valence-electron chi connectivity index (χ2n) is 3.04. The summed E-state index contributed by atoms with van der Waals surface area (Å²) in [4.78, 5) is 0. The Morgan fingerprint density at radius 3 is 1.33 bits per heavy atom. The molecule has 0 aliphatic rings. The van der Waals surface area contributed by atoms with Gasteiger partial charge < -0.3 is 0 Å². The molecule has 0 fully saturated rings. The first-order chi connectivity index (χ1) is 4.09. The largest absolute Gasteiger partial charge is 0.275 e. The third-order valence-electron chi connectivity index (χ3n) is 1.42. The lowest BCUT2D eigenvalue weighted by Gasteiger charge is -2.20. The van der Waals surface area contributed by atoms with Crippen LogP contribution in [0.3, 0.4) is 0 Å². The second kappa shape index (κ2) is 4.13. The lowest BCUT2D eigenvalue weighted by molar-refractivity contribution is 0.118. The molecule has 0 spiro atoms. The predicted octanol–water partition coefficient (Wildman–Crippen LogP) is 2.84. The third-order valence-corrected chi connectivity index (χ3v) is 1.62. The van der Waals surface area contributed by atoms with E-state index in [2.05, 4.69) is 27.7 Å². The average molecular weight is 151 g/mol. The lowest BCUT2D eigenvalue weighted by atomic mass is 9.97. The van der Waals surface area contributed by atoms with Gasteiger partial charge in [0, 0.05) is 0 Å². The maximum Gasteiger partial charge on any atom is 0.0836 e. The molecule has 0 atom stereocenters. The molecule has 0 saturated carbocycles. The summed E-state index contributed by atoms with van der Waals surface area (Å²) in [5.41, 5.74) is 0. The minimum atomic E-state index is 0.187. The topological polar surface area (TPSA) is 9.23 Å². The minimum Gasteiger partial charge on any atom is -0.275 e. The van der Waals surface area contributed by atoms with E-state index in [1.807, 2.05) is 0 Å². The molecule has 2 heteroatoms.